The Bertz CT molecular complexity index is 1110. The van der Waals surface area contributed by atoms with Gasteiger partial charge in [-0.15, -0.1) is 0 Å². The highest BCUT2D eigenvalue weighted by Crippen LogP contribution is 2.44. The summed E-state index contributed by atoms with van der Waals surface area (Å²) in [4.78, 5) is 13.3. The maximum atomic E-state index is 13.2. The average Bonchev–Trinajstić information content (AvgIpc) is 2.72. The number of para-hydroxylation sites is 2. The minimum absolute atomic E-state index is 0.152. The molecule has 148 valence electrons. The lowest BCUT2D eigenvalue weighted by Crippen LogP contribution is -2.25. The van der Waals surface area contributed by atoms with E-state index in [-0.39, 0.29) is 10.8 Å². The Morgan fingerprint density at radius 3 is 2.00 bits per heavy atom. The van der Waals surface area contributed by atoms with Crippen molar-refractivity contribution >= 4 is 21.6 Å². The van der Waals surface area contributed by atoms with Gasteiger partial charge in [0.15, 0.2) is 0 Å². The van der Waals surface area contributed by atoms with Crippen LogP contribution in [-0.4, -0.2) is 20.9 Å². The molecular formula is C22H20N2O4S. The zero-order valence-corrected chi connectivity index (χ0v) is 16.6. The van der Waals surface area contributed by atoms with Crippen molar-refractivity contribution in [3.63, 3.8) is 0 Å². The van der Waals surface area contributed by atoms with E-state index in [9.17, 15) is 13.2 Å². The van der Waals surface area contributed by atoms with E-state index in [2.05, 4.69) is 10.0 Å². The van der Waals surface area contributed by atoms with Gasteiger partial charge < -0.3 is 10.1 Å². The van der Waals surface area contributed by atoms with Gasteiger partial charge in [-0.25, -0.2) is 13.1 Å². The van der Waals surface area contributed by atoms with Crippen molar-refractivity contribution in [2.45, 2.75) is 17.7 Å². The number of ether oxygens (including phenoxy) is 1. The topological polar surface area (TPSA) is 84.5 Å². The van der Waals surface area contributed by atoms with E-state index in [4.69, 9.17) is 4.74 Å². The van der Waals surface area contributed by atoms with Crippen LogP contribution in [0.3, 0.4) is 0 Å². The first-order valence-electron chi connectivity index (χ1n) is 9.26. The number of hydrogen-bond donors (Lipinski definition) is 2. The smallest absolute Gasteiger partial charge is 0.240 e. The summed E-state index contributed by atoms with van der Waals surface area (Å²) in [6, 6.07) is 21.0. The normalized spacial score (nSPS) is 13.1. The van der Waals surface area contributed by atoms with Gasteiger partial charge in [0.1, 0.15) is 11.5 Å². The Morgan fingerprint density at radius 1 is 0.897 bits per heavy atom. The Morgan fingerprint density at radius 2 is 1.45 bits per heavy atom. The number of amides is 1. The van der Waals surface area contributed by atoms with Crippen molar-refractivity contribution < 1.29 is 17.9 Å². The Labute approximate surface area is 169 Å². The molecule has 1 aliphatic heterocycles. The molecule has 3 aromatic rings. The lowest BCUT2D eigenvalue weighted by atomic mass is 9.87. The zero-order valence-electron chi connectivity index (χ0n) is 15.8. The van der Waals surface area contributed by atoms with Crippen molar-refractivity contribution in [1.29, 1.82) is 0 Å². The SMILES string of the molecule is CCNS(=O)(=O)c1ccc(NC(=O)C2c3ccccc3Oc3ccccc32)cc1. The Kier molecular flexibility index (Phi) is 5.08. The van der Waals surface area contributed by atoms with Crippen LogP contribution in [0, 0.1) is 0 Å². The number of benzene rings is 3. The predicted molar refractivity (Wildman–Crippen MR) is 111 cm³/mol. The first-order valence-corrected chi connectivity index (χ1v) is 10.7. The third-order valence-corrected chi connectivity index (χ3v) is 6.27. The number of fused-ring (bicyclic) bond motifs is 2. The lowest BCUT2D eigenvalue weighted by molar-refractivity contribution is -0.116. The highest BCUT2D eigenvalue weighted by molar-refractivity contribution is 7.89. The summed E-state index contributed by atoms with van der Waals surface area (Å²) in [6.45, 7) is 2.03. The van der Waals surface area contributed by atoms with Crippen LogP contribution in [0.2, 0.25) is 0 Å². The molecule has 6 nitrogen and oxygen atoms in total. The van der Waals surface area contributed by atoms with Gasteiger partial charge in [0.05, 0.1) is 10.8 Å². The Hall–Kier alpha value is -3.16. The van der Waals surface area contributed by atoms with Gasteiger partial charge in [-0.2, -0.15) is 0 Å². The molecule has 4 rings (SSSR count). The van der Waals surface area contributed by atoms with Crippen LogP contribution in [0.25, 0.3) is 0 Å². The van der Waals surface area contributed by atoms with Crippen molar-refractivity contribution in [2.24, 2.45) is 0 Å². The van der Waals surface area contributed by atoms with Crippen LogP contribution in [0.4, 0.5) is 5.69 Å². The van der Waals surface area contributed by atoms with Crippen LogP contribution in [0.1, 0.15) is 24.0 Å². The van der Waals surface area contributed by atoms with Crippen LogP contribution in [0.5, 0.6) is 11.5 Å². The van der Waals surface area contributed by atoms with E-state index < -0.39 is 15.9 Å². The van der Waals surface area contributed by atoms with Gasteiger partial charge in [-0.05, 0) is 36.4 Å². The van der Waals surface area contributed by atoms with Crippen molar-refractivity contribution in [1.82, 2.24) is 4.72 Å². The molecule has 0 atom stereocenters. The summed E-state index contributed by atoms with van der Waals surface area (Å²) in [5.74, 6) is 0.564. The summed E-state index contributed by atoms with van der Waals surface area (Å²) < 4.78 is 32.5. The van der Waals surface area contributed by atoms with Crippen LogP contribution < -0.4 is 14.8 Å². The summed E-state index contributed by atoms with van der Waals surface area (Å²) in [7, 11) is -3.54. The predicted octanol–water partition coefficient (Wildman–Crippen LogP) is 3.86. The second-order valence-corrected chi connectivity index (χ2v) is 8.39. The van der Waals surface area contributed by atoms with E-state index >= 15 is 0 Å². The van der Waals surface area contributed by atoms with Gasteiger partial charge >= 0.3 is 0 Å². The molecule has 0 bridgehead atoms. The number of carbonyl (C=O) groups is 1. The summed E-state index contributed by atoms with van der Waals surface area (Å²) in [5, 5.41) is 2.89. The molecule has 0 radical (unpaired) electrons. The van der Waals surface area contributed by atoms with Gasteiger partial charge in [0.25, 0.3) is 0 Å². The van der Waals surface area contributed by atoms with E-state index in [0.717, 1.165) is 11.1 Å². The van der Waals surface area contributed by atoms with Gasteiger partial charge in [0, 0.05) is 23.4 Å². The molecule has 3 aromatic carbocycles. The van der Waals surface area contributed by atoms with Crippen LogP contribution in [-0.2, 0) is 14.8 Å². The summed E-state index contributed by atoms with van der Waals surface area (Å²) in [5.41, 5.74) is 2.09. The van der Waals surface area contributed by atoms with E-state index in [1.165, 1.54) is 12.1 Å². The van der Waals surface area contributed by atoms with Crippen molar-refractivity contribution in [2.75, 3.05) is 11.9 Å². The molecule has 0 aliphatic carbocycles. The highest BCUT2D eigenvalue weighted by atomic mass is 32.2. The molecule has 1 aliphatic rings. The number of nitrogens with one attached hydrogen (secondary N) is 2. The third-order valence-electron chi connectivity index (χ3n) is 4.71. The number of rotatable bonds is 5. The van der Waals surface area contributed by atoms with Gasteiger partial charge in [-0.3, -0.25) is 4.79 Å². The molecular weight excluding hydrogens is 388 g/mol. The number of sulfonamides is 1. The minimum atomic E-state index is -3.54. The fraction of sp³-hybridized carbons (Fsp3) is 0.136. The molecule has 1 heterocycles. The standard InChI is InChI=1S/C22H20N2O4S/c1-2-23-29(26,27)16-13-11-15(12-14-16)24-22(25)21-17-7-3-5-9-19(17)28-20-10-6-4-8-18(20)21/h3-14,21,23H,2H2,1H3,(H,24,25). The fourth-order valence-corrected chi connectivity index (χ4v) is 4.44. The molecule has 0 saturated carbocycles. The third kappa shape index (κ3) is 3.74. The van der Waals surface area contributed by atoms with E-state index in [1.54, 1.807) is 19.1 Å². The molecule has 1 amide bonds. The van der Waals surface area contributed by atoms with E-state index in [1.807, 2.05) is 48.5 Å². The molecule has 0 unspecified atom stereocenters. The van der Waals surface area contributed by atoms with Crippen molar-refractivity contribution in [3.8, 4) is 11.5 Å². The average molecular weight is 408 g/mol. The molecule has 0 fully saturated rings. The number of hydrogen-bond acceptors (Lipinski definition) is 4. The first-order chi connectivity index (χ1) is 14.0. The largest absolute Gasteiger partial charge is 0.457 e. The maximum Gasteiger partial charge on any atom is 0.240 e. The fourth-order valence-electron chi connectivity index (χ4n) is 3.40. The first kappa shape index (κ1) is 19.2. The summed E-state index contributed by atoms with van der Waals surface area (Å²) in [6.07, 6.45) is 0. The van der Waals surface area contributed by atoms with Gasteiger partial charge in [-0.1, -0.05) is 43.3 Å². The zero-order chi connectivity index (χ0) is 20.4. The van der Waals surface area contributed by atoms with Crippen LogP contribution >= 0.6 is 0 Å². The number of anilines is 1. The molecule has 0 aromatic heterocycles. The highest BCUT2D eigenvalue weighted by Gasteiger charge is 2.32. The number of carbonyl (C=O) groups excluding carboxylic acids is 1. The lowest BCUT2D eigenvalue weighted by Gasteiger charge is -2.27. The van der Waals surface area contributed by atoms with E-state index in [0.29, 0.717) is 23.7 Å². The molecule has 0 spiro atoms. The second kappa shape index (κ2) is 7.69. The molecule has 0 saturated heterocycles. The molecule has 29 heavy (non-hydrogen) atoms. The molecule has 7 heteroatoms. The van der Waals surface area contributed by atoms with Crippen molar-refractivity contribution in [3.05, 3.63) is 83.9 Å². The second-order valence-electron chi connectivity index (χ2n) is 6.63. The minimum Gasteiger partial charge on any atom is -0.457 e. The van der Waals surface area contributed by atoms with Crippen LogP contribution in [0.15, 0.2) is 77.7 Å². The maximum absolute atomic E-state index is 13.2. The Balaban J connectivity index is 1.63. The monoisotopic (exact) mass is 408 g/mol. The summed E-state index contributed by atoms with van der Waals surface area (Å²) >= 11 is 0. The quantitative estimate of drug-likeness (QED) is 0.671. The molecule has 2 N–H and O–H groups in total. The van der Waals surface area contributed by atoms with Gasteiger partial charge in [0.2, 0.25) is 15.9 Å².